The van der Waals surface area contributed by atoms with Gasteiger partial charge in [-0.1, -0.05) is 0 Å². The third kappa shape index (κ3) is 2.94. The van der Waals surface area contributed by atoms with E-state index in [0.29, 0.717) is 6.07 Å². The number of amides is 1. The molecule has 0 unspecified atom stereocenters. The number of benzene rings is 1. The minimum Gasteiger partial charge on any atom is -0.326 e. The number of carbonyl (C=O) groups excluding carboxylic acids is 1. The van der Waals surface area contributed by atoms with Crippen molar-refractivity contribution in [3.8, 4) is 0 Å². The summed E-state index contributed by atoms with van der Waals surface area (Å²) in [5, 5.41) is 2.09. The Morgan fingerprint density at radius 1 is 1.38 bits per heavy atom. The van der Waals surface area contributed by atoms with Gasteiger partial charge in [-0.25, -0.2) is 4.39 Å². The Kier molecular flexibility index (Phi) is 3.57. The number of hydrogen-bond donors (Lipinski definition) is 1. The lowest BCUT2D eigenvalue weighted by molar-refractivity contribution is -0.138. The van der Waals surface area contributed by atoms with Gasteiger partial charge in [-0.3, -0.25) is 4.79 Å². The third-order valence-corrected chi connectivity index (χ3v) is 2.46. The molecule has 0 aliphatic carbocycles. The number of nitrogens with one attached hydrogen (secondary N) is 1. The largest absolute Gasteiger partial charge is 0.417 e. The highest BCUT2D eigenvalue weighted by Gasteiger charge is 2.34. The molecule has 0 spiro atoms. The molecule has 88 valence electrons. The van der Waals surface area contributed by atoms with Crippen LogP contribution in [-0.2, 0) is 11.0 Å². The number of alkyl halides is 3. The molecular weight excluding hydrogens is 294 g/mol. The Bertz CT molecular complexity index is 430. The molecule has 1 aromatic rings. The average Bonchev–Trinajstić information content (AvgIpc) is 2.08. The summed E-state index contributed by atoms with van der Waals surface area (Å²) in [5.41, 5.74) is -1.41. The Labute approximate surface area is 96.8 Å². The van der Waals surface area contributed by atoms with Crippen LogP contribution in [0.25, 0.3) is 0 Å². The van der Waals surface area contributed by atoms with Crippen LogP contribution >= 0.6 is 15.9 Å². The topological polar surface area (TPSA) is 29.1 Å². The van der Waals surface area contributed by atoms with Gasteiger partial charge in [-0.15, -0.1) is 0 Å². The van der Waals surface area contributed by atoms with Gasteiger partial charge in [-0.05, 0) is 28.1 Å². The zero-order valence-electron chi connectivity index (χ0n) is 7.95. The van der Waals surface area contributed by atoms with Crippen LogP contribution < -0.4 is 5.32 Å². The molecule has 0 saturated carbocycles. The van der Waals surface area contributed by atoms with E-state index in [0.717, 1.165) is 13.0 Å². The van der Waals surface area contributed by atoms with Gasteiger partial charge in [0.25, 0.3) is 0 Å². The monoisotopic (exact) mass is 299 g/mol. The molecule has 0 aliphatic rings. The first-order valence-electron chi connectivity index (χ1n) is 4.05. The molecule has 0 bridgehead atoms. The molecule has 0 aliphatic heterocycles. The zero-order chi connectivity index (χ0) is 12.5. The van der Waals surface area contributed by atoms with Crippen LogP contribution in [0.3, 0.4) is 0 Å². The number of halogens is 5. The fraction of sp³-hybridized carbons (Fsp3) is 0.222. The maximum atomic E-state index is 13.1. The van der Waals surface area contributed by atoms with Crippen LogP contribution in [0, 0.1) is 5.82 Å². The van der Waals surface area contributed by atoms with Crippen LogP contribution in [0.5, 0.6) is 0 Å². The molecule has 2 nitrogen and oxygen atoms in total. The molecule has 1 N–H and O–H groups in total. The maximum absolute atomic E-state index is 13.1. The van der Waals surface area contributed by atoms with Gasteiger partial charge in [0.2, 0.25) is 5.91 Å². The van der Waals surface area contributed by atoms with Crippen molar-refractivity contribution in [2.45, 2.75) is 13.1 Å². The molecule has 16 heavy (non-hydrogen) atoms. The first-order chi connectivity index (χ1) is 7.21. The molecular formula is C9H6BrF4NO. The van der Waals surface area contributed by atoms with Crippen molar-refractivity contribution < 1.29 is 22.4 Å². The van der Waals surface area contributed by atoms with E-state index in [4.69, 9.17) is 0 Å². The molecule has 7 heteroatoms. The number of rotatable bonds is 1. The van der Waals surface area contributed by atoms with Crippen molar-refractivity contribution in [1.82, 2.24) is 0 Å². The Balaban J connectivity index is 3.28. The normalized spacial score (nSPS) is 11.4. The van der Waals surface area contributed by atoms with Gasteiger partial charge in [0.1, 0.15) is 5.82 Å². The molecule has 0 radical (unpaired) electrons. The predicted molar refractivity (Wildman–Crippen MR) is 53.4 cm³/mol. The molecule has 1 amide bonds. The van der Waals surface area contributed by atoms with E-state index < -0.39 is 27.9 Å². The van der Waals surface area contributed by atoms with Crippen LogP contribution in [0.4, 0.5) is 23.2 Å². The van der Waals surface area contributed by atoms with E-state index >= 15 is 0 Å². The lowest BCUT2D eigenvalue weighted by Gasteiger charge is -2.12. The number of hydrogen-bond acceptors (Lipinski definition) is 1. The molecule has 1 aromatic carbocycles. The van der Waals surface area contributed by atoms with E-state index in [9.17, 15) is 22.4 Å². The second-order valence-corrected chi connectivity index (χ2v) is 3.79. The highest BCUT2D eigenvalue weighted by Crippen LogP contribution is 2.37. The van der Waals surface area contributed by atoms with E-state index in [2.05, 4.69) is 21.2 Å². The average molecular weight is 300 g/mol. The third-order valence-electron chi connectivity index (χ3n) is 1.65. The van der Waals surface area contributed by atoms with Gasteiger partial charge in [0.15, 0.2) is 0 Å². The molecule has 0 heterocycles. The van der Waals surface area contributed by atoms with Crippen LogP contribution in [0.15, 0.2) is 16.6 Å². The number of anilines is 1. The van der Waals surface area contributed by atoms with E-state index in [-0.39, 0.29) is 5.69 Å². The number of carbonyl (C=O) groups is 1. The predicted octanol–water partition coefficient (Wildman–Crippen LogP) is 3.57. The van der Waals surface area contributed by atoms with E-state index in [1.54, 1.807) is 0 Å². The van der Waals surface area contributed by atoms with Crippen LogP contribution in [-0.4, -0.2) is 5.91 Å². The molecule has 0 atom stereocenters. The Hall–Kier alpha value is -1.11. The van der Waals surface area contributed by atoms with Gasteiger partial charge in [0, 0.05) is 12.6 Å². The first-order valence-corrected chi connectivity index (χ1v) is 4.85. The lowest BCUT2D eigenvalue weighted by atomic mass is 10.2. The van der Waals surface area contributed by atoms with Gasteiger partial charge >= 0.3 is 6.18 Å². The van der Waals surface area contributed by atoms with Crippen molar-refractivity contribution in [2.24, 2.45) is 0 Å². The minimum atomic E-state index is -4.69. The molecule has 0 fully saturated rings. The summed E-state index contributed by atoms with van der Waals surface area (Å²) in [6.45, 7) is 1.12. The molecule has 0 aromatic heterocycles. The lowest BCUT2D eigenvalue weighted by Crippen LogP contribution is -2.11. The fourth-order valence-electron chi connectivity index (χ4n) is 1.07. The van der Waals surface area contributed by atoms with Gasteiger partial charge < -0.3 is 5.32 Å². The van der Waals surface area contributed by atoms with Crippen molar-refractivity contribution in [3.05, 3.63) is 28.0 Å². The summed E-state index contributed by atoms with van der Waals surface area (Å²) >= 11 is 2.51. The molecule has 1 rings (SSSR count). The van der Waals surface area contributed by atoms with Gasteiger partial charge in [0.05, 0.1) is 10.0 Å². The minimum absolute atomic E-state index is 0.236. The highest BCUT2D eigenvalue weighted by atomic mass is 79.9. The van der Waals surface area contributed by atoms with E-state index in [1.165, 1.54) is 0 Å². The second-order valence-electron chi connectivity index (χ2n) is 3.00. The summed E-state index contributed by atoms with van der Waals surface area (Å²) < 4.78 is 49.8. The van der Waals surface area contributed by atoms with Crippen LogP contribution in [0.1, 0.15) is 12.5 Å². The van der Waals surface area contributed by atoms with Crippen molar-refractivity contribution in [3.63, 3.8) is 0 Å². The summed E-state index contributed by atoms with van der Waals surface area (Å²) in [6.07, 6.45) is -4.69. The van der Waals surface area contributed by atoms with Crippen LogP contribution in [0.2, 0.25) is 0 Å². The highest BCUT2D eigenvalue weighted by molar-refractivity contribution is 9.10. The summed E-state index contributed by atoms with van der Waals surface area (Å²) in [6, 6.07) is 1.47. The summed E-state index contributed by atoms with van der Waals surface area (Å²) in [5.74, 6) is -1.66. The Morgan fingerprint density at radius 3 is 2.38 bits per heavy atom. The van der Waals surface area contributed by atoms with Gasteiger partial charge in [-0.2, -0.15) is 13.2 Å². The summed E-state index contributed by atoms with van der Waals surface area (Å²) in [7, 11) is 0. The maximum Gasteiger partial charge on any atom is 0.417 e. The van der Waals surface area contributed by atoms with Crippen molar-refractivity contribution in [2.75, 3.05) is 5.32 Å². The SMILES string of the molecule is CC(=O)Nc1cc(F)c(Br)c(C(F)(F)F)c1. The second kappa shape index (κ2) is 4.40. The smallest absolute Gasteiger partial charge is 0.326 e. The first kappa shape index (κ1) is 13.0. The standard InChI is InChI=1S/C9H6BrF4NO/c1-4(16)15-5-2-6(9(12,13)14)8(10)7(11)3-5/h2-3H,1H3,(H,15,16). The van der Waals surface area contributed by atoms with Crippen molar-refractivity contribution >= 4 is 27.5 Å². The zero-order valence-corrected chi connectivity index (χ0v) is 9.54. The summed E-state index contributed by atoms with van der Waals surface area (Å²) in [4.78, 5) is 10.6. The van der Waals surface area contributed by atoms with Crippen molar-refractivity contribution in [1.29, 1.82) is 0 Å². The quantitative estimate of drug-likeness (QED) is 0.789. The molecule has 0 saturated heterocycles. The fourth-order valence-corrected chi connectivity index (χ4v) is 1.52. The Morgan fingerprint density at radius 2 is 1.94 bits per heavy atom. The van der Waals surface area contributed by atoms with E-state index in [1.807, 2.05) is 0 Å².